The number of hydrogen-bond acceptors (Lipinski definition) is 5. The molecule has 0 aromatic carbocycles. The molecular weight excluding hydrogens is 272 g/mol. The first-order valence-corrected chi connectivity index (χ1v) is 8.00. The van der Waals surface area contributed by atoms with E-state index in [-0.39, 0.29) is 5.91 Å². The van der Waals surface area contributed by atoms with Crippen LogP contribution < -0.4 is 11.3 Å². The zero-order valence-electron chi connectivity index (χ0n) is 12.3. The zero-order valence-corrected chi connectivity index (χ0v) is 13.1. The van der Waals surface area contributed by atoms with Gasteiger partial charge >= 0.3 is 0 Å². The van der Waals surface area contributed by atoms with E-state index in [1.54, 1.807) is 0 Å². The van der Waals surface area contributed by atoms with E-state index in [1.807, 2.05) is 11.4 Å². The molecule has 1 aromatic rings. The van der Waals surface area contributed by atoms with Gasteiger partial charge in [-0.2, -0.15) is 0 Å². The van der Waals surface area contributed by atoms with Crippen LogP contribution >= 0.6 is 11.3 Å². The third-order valence-electron chi connectivity index (χ3n) is 3.57. The Bertz CT molecular complexity index is 438. The molecule has 2 rings (SSSR count). The summed E-state index contributed by atoms with van der Waals surface area (Å²) < 4.78 is 0. The van der Waals surface area contributed by atoms with Gasteiger partial charge in [-0.05, 0) is 22.9 Å². The maximum absolute atomic E-state index is 11.7. The third-order valence-corrected chi connectivity index (χ3v) is 4.52. The minimum atomic E-state index is -0.187. The normalized spacial score (nSPS) is 17.6. The first-order valence-electron chi connectivity index (χ1n) is 7.12. The Morgan fingerprint density at radius 1 is 1.35 bits per heavy atom. The SMILES string of the molecule is CC(C)CN1CCN(Cc2ccsc2C(=O)NN)CC1. The van der Waals surface area contributed by atoms with E-state index in [0.717, 1.165) is 49.1 Å². The highest BCUT2D eigenvalue weighted by Gasteiger charge is 2.20. The molecule has 1 aliphatic heterocycles. The molecule has 0 saturated carbocycles. The second-order valence-electron chi connectivity index (χ2n) is 5.72. The van der Waals surface area contributed by atoms with Crippen molar-refractivity contribution < 1.29 is 4.79 Å². The molecule has 3 N–H and O–H groups in total. The van der Waals surface area contributed by atoms with Crippen LogP contribution in [0.3, 0.4) is 0 Å². The first kappa shape index (κ1) is 15.4. The van der Waals surface area contributed by atoms with E-state index in [0.29, 0.717) is 0 Å². The van der Waals surface area contributed by atoms with Crippen molar-refractivity contribution in [3.63, 3.8) is 0 Å². The monoisotopic (exact) mass is 296 g/mol. The predicted octanol–water partition coefficient (Wildman–Crippen LogP) is 1.13. The van der Waals surface area contributed by atoms with Crippen molar-refractivity contribution >= 4 is 17.2 Å². The number of thiophene rings is 1. The van der Waals surface area contributed by atoms with E-state index in [4.69, 9.17) is 5.84 Å². The fraction of sp³-hybridized carbons (Fsp3) is 0.643. The van der Waals surface area contributed by atoms with Gasteiger partial charge in [0, 0.05) is 39.3 Å². The van der Waals surface area contributed by atoms with Crippen LogP contribution in [0.15, 0.2) is 11.4 Å². The molecule has 1 amide bonds. The van der Waals surface area contributed by atoms with Crippen molar-refractivity contribution in [2.45, 2.75) is 20.4 Å². The molecule has 0 bridgehead atoms. The summed E-state index contributed by atoms with van der Waals surface area (Å²) in [5.74, 6) is 5.75. The standard InChI is InChI=1S/C14H24N4OS/c1-11(2)9-17-4-6-18(7-5-17)10-12-3-8-20-13(12)14(19)16-15/h3,8,11H,4-7,9-10,15H2,1-2H3,(H,16,19). The highest BCUT2D eigenvalue weighted by Crippen LogP contribution is 2.19. The Morgan fingerprint density at radius 2 is 2.00 bits per heavy atom. The van der Waals surface area contributed by atoms with Crippen molar-refractivity contribution in [2.75, 3.05) is 32.7 Å². The fourth-order valence-electron chi connectivity index (χ4n) is 2.61. The minimum absolute atomic E-state index is 0.187. The molecule has 0 aliphatic carbocycles. The van der Waals surface area contributed by atoms with Crippen LogP contribution in [-0.4, -0.2) is 48.4 Å². The van der Waals surface area contributed by atoms with Gasteiger partial charge in [-0.15, -0.1) is 11.3 Å². The van der Waals surface area contributed by atoms with Crippen LogP contribution in [0.5, 0.6) is 0 Å². The molecule has 0 atom stereocenters. The smallest absolute Gasteiger partial charge is 0.275 e. The summed E-state index contributed by atoms with van der Waals surface area (Å²) in [6.07, 6.45) is 0. The molecule has 0 unspecified atom stereocenters. The predicted molar refractivity (Wildman–Crippen MR) is 82.5 cm³/mol. The highest BCUT2D eigenvalue weighted by atomic mass is 32.1. The topological polar surface area (TPSA) is 61.6 Å². The largest absolute Gasteiger partial charge is 0.301 e. The molecule has 1 aromatic heterocycles. The number of amides is 1. The average molecular weight is 296 g/mol. The first-order chi connectivity index (χ1) is 9.60. The van der Waals surface area contributed by atoms with E-state index in [9.17, 15) is 4.79 Å². The lowest BCUT2D eigenvalue weighted by Crippen LogP contribution is -2.47. The Hall–Kier alpha value is -0.950. The van der Waals surface area contributed by atoms with Gasteiger partial charge < -0.3 is 4.90 Å². The van der Waals surface area contributed by atoms with Gasteiger partial charge in [-0.1, -0.05) is 13.8 Å². The number of nitrogens with one attached hydrogen (secondary N) is 1. The van der Waals surface area contributed by atoms with Crippen LogP contribution in [-0.2, 0) is 6.54 Å². The van der Waals surface area contributed by atoms with Crippen LogP contribution in [0.4, 0.5) is 0 Å². The maximum atomic E-state index is 11.7. The third kappa shape index (κ3) is 4.02. The van der Waals surface area contributed by atoms with E-state index < -0.39 is 0 Å². The number of piperazine rings is 1. The average Bonchev–Trinajstić information content (AvgIpc) is 2.87. The number of carbonyl (C=O) groups is 1. The molecule has 20 heavy (non-hydrogen) atoms. The lowest BCUT2D eigenvalue weighted by molar-refractivity contribution is 0.0952. The molecule has 0 spiro atoms. The van der Waals surface area contributed by atoms with E-state index >= 15 is 0 Å². The molecule has 0 radical (unpaired) electrons. The number of carbonyl (C=O) groups excluding carboxylic acids is 1. The molecule has 112 valence electrons. The second-order valence-corrected chi connectivity index (χ2v) is 6.64. The second kappa shape index (κ2) is 7.17. The number of nitrogen functional groups attached to an aromatic ring is 1. The van der Waals surface area contributed by atoms with Crippen LogP contribution in [0.1, 0.15) is 29.1 Å². The number of nitrogens with zero attached hydrogens (tertiary/aromatic N) is 2. The number of nitrogens with two attached hydrogens (primary N) is 1. The van der Waals surface area contributed by atoms with Crippen LogP contribution in [0.25, 0.3) is 0 Å². The Morgan fingerprint density at radius 3 is 2.60 bits per heavy atom. The van der Waals surface area contributed by atoms with Gasteiger partial charge in [0.2, 0.25) is 0 Å². The molecule has 1 saturated heterocycles. The molecule has 6 heteroatoms. The van der Waals surface area contributed by atoms with Crippen molar-refractivity contribution in [1.82, 2.24) is 15.2 Å². The van der Waals surface area contributed by atoms with Crippen molar-refractivity contribution in [3.05, 3.63) is 21.9 Å². The zero-order chi connectivity index (χ0) is 14.5. The Balaban J connectivity index is 1.87. The lowest BCUT2D eigenvalue weighted by atomic mass is 10.1. The number of rotatable bonds is 5. The van der Waals surface area contributed by atoms with E-state index in [1.165, 1.54) is 17.9 Å². The highest BCUT2D eigenvalue weighted by molar-refractivity contribution is 7.12. The Labute approximate surface area is 124 Å². The summed E-state index contributed by atoms with van der Waals surface area (Å²) >= 11 is 1.45. The molecular formula is C14H24N4OS. The van der Waals surface area contributed by atoms with Crippen molar-refractivity contribution in [3.8, 4) is 0 Å². The lowest BCUT2D eigenvalue weighted by Gasteiger charge is -2.35. The van der Waals surface area contributed by atoms with Crippen LogP contribution in [0, 0.1) is 5.92 Å². The summed E-state index contributed by atoms with van der Waals surface area (Å²) in [6, 6.07) is 2.02. The maximum Gasteiger partial charge on any atom is 0.275 e. The summed E-state index contributed by atoms with van der Waals surface area (Å²) in [5, 5.41) is 1.95. The Kier molecular flexibility index (Phi) is 5.54. The van der Waals surface area contributed by atoms with Crippen molar-refractivity contribution in [1.29, 1.82) is 0 Å². The summed E-state index contributed by atoms with van der Waals surface area (Å²) in [5.41, 5.74) is 3.30. The molecule has 1 fully saturated rings. The minimum Gasteiger partial charge on any atom is -0.301 e. The van der Waals surface area contributed by atoms with Gasteiger partial charge in [0.15, 0.2) is 0 Å². The van der Waals surface area contributed by atoms with Gasteiger partial charge in [0.1, 0.15) is 0 Å². The summed E-state index contributed by atoms with van der Waals surface area (Å²) in [6.45, 7) is 10.9. The molecule has 5 nitrogen and oxygen atoms in total. The number of hydrogen-bond donors (Lipinski definition) is 2. The van der Waals surface area contributed by atoms with Gasteiger partial charge in [-0.3, -0.25) is 15.1 Å². The van der Waals surface area contributed by atoms with Gasteiger partial charge in [0.05, 0.1) is 4.88 Å². The van der Waals surface area contributed by atoms with E-state index in [2.05, 4.69) is 29.1 Å². The van der Waals surface area contributed by atoms with Crippen molar-refractivity contribution in [2.24, 2.45) is 11.8 Å². The van der Waals surface area contributed by atoms with Gasteiger partial charge in [-0.25, -0.2) is 5.84 Å². The fourth-order valence-corrected chi connectivity index (χ4v) is 3.43. The quantitative estimate of drug-likeness (QED) is 0.486. The summed E-state index contributed by atoms with van der Waals surface area (Å²) in [7, 11) is 0. The summed E-state index contributed by atoms with van der Waals surface area (Å²) in [4.78, 5) is 17.3. The molecule has 2 heterocycles. The molecule has 1 aliphatic rings. The van der Waals surface area contributed by atoms with Gasteiger partial charge in [0.25, 0.3) is 5.91 Å². The number of hydrazine groups is 1. The van der Waals surface area contributed by atoms with Crippen LogP contribution in [0.2, 0.25) is 0 Å².